The Labute approximate surface area is 142 Å². The lowest BCUT2D eigenvalue weighted by Gasteiger charge is -2.22. The largest absolute Gasteiger partial charge is 0.392 e. The molecule has 0 aromatic heterocycles. The Morgan fingerprint density at radius 2 is 1.67 bits per heavy atom. The third-order valence-electron chi connectivity index (χ3n) is 3.97. The highest BCUT2D eigenvalue weighted by atomic mass is 32.2. The average molecular weight is 347 g/mol. The molecule has 1 aliphatic rings. The van der Waals surface area contributed by atoms with Crippen LogP contribution in [0.3, 0.4) is 0 Å². The number of benzene rings is 2. The normalized spacial score (nSPS) is 16.9. The van der Waals surface area contributed by atoms with Gasteiger partial charge in [-0.3, -0.25) is 4.31 Å². The van der Waals surface area contributed by atoms with Crippen molar-refractivity contribution in [2.75, 3.05) is 28.7 Å². The quantitative estimate of drug-likeness (QED) is 0.837. The van der Waals surface area contributed by atoms with Gasteiger partial charge in [-0.15, -0.1) is 0 Å². The minimum absolute atomic E-state index is 0.228. The van der Waals surface area contributed by atoms with Crippen molar-refractivity contribution in [1.82, 2.24) is 5.32 Å². The summed E-state index contributed by atoms with van der Waals surface area (Å²) in [6, 6.07) is 16.2. The van der Waals surface area contributed by atoms with Crippen LogP contribution in [-0.2, 0) is 10.2 Å². The summed E-state index contributed by atoms with van der Waals surface area (Å²) in [7, 11) is -1.96. The number of hydrogen-bond acceptors (Lipinski definition) is 4. The Morgan fingerprint density at radius 1 is 1.04 bits per heavy atom. The summed E-state index contributed by atoms with van der Waals surface area (Å²) in [5.41, 5.74) is 1.87. The lowest BCUT2D eigenvalue weighted by atomic mass is 10.2. The first-order valence-electron chi connectivity index (χ1n) is 7.85. The molecular weight excluding hydrogens is 326 g/mol. The van der Waals surface area contributed by atoms with Crippen molar-refractivity contribution in [3.05, 3.63) is 54.6 Å². The Balaban J connectivity index is 1.97. The standard InChI is InChI=1S/C17H21N3O3S/c1-18-13-15(21)11-12-19-16-9-5-6-10-17(16)20(24(19,22)23)14-7-3-2-4-8-14/h2-10,15,18,21H,11-13H2,1H3. The Morgan fingerprint density at radius 3 is 2.33 bits per heavy atom. The Kier molecular flexibility index (Phi) is 4.75. The second-order valence-electron chi connectivity index (χ2n) is 5.67. The molecule has 2 aromatic rings. The summed E-state index contributed by atoms with van der Waals surface area (Å²) in [5, 5.41) is 12.8. The molecule has 2 aromatic carbocycles. The molecule has 1 aliphatic heterocycles. The minimum Gasteiger partial charge on any atom is -0.392 e. The van der Waals surface area contributed by atoms with Crippen LogP contribution in [0.2, 0.25) is 0 Å². The number of anilines is 3. The predicted molar refractivity (Wildman–Crippen MR) is 95.8 cm³/mol. The average Bonchev–Trinajstić information content (AvgIpc) is 2.80. The van der Waals surface area contributed by atoms with E-state index < -0.39 is 16.3 Å². The van der Waals surface area contributed by atoms with Crippen molar-refractivity contribution < 1.29 is 13.5 Å². The maximum Gasteiger partial charge on any atom is 0.330 e. The van der Waals surface area contributed by atoms with Crippen molar-refractivity contribution in [1.29, 1.82) is 0 Å². The molecular formula is C17H21N3O3S. The number of aliphatic hydroxyl groups excluding tert-OH is 1. The first-order chi connectivity index (χ1) is 11.6. The maximum absolute atomic E-state index is 13.1. The minimum atomic E-state index is -3.72. The predicted octanol–water partition coefficient (Wildman–Crippen LogP) is 1.86. The zero-order chi connectivity index (χ0) is 17.2. The third-order valence-corrected chi connectivity index (χ3v) is 5.78. The smallest absolute Gasteiger partial charge is 0.330 e. The van der Waals surface area contributed by atoms with E-state index in [1.54, 1.807) is 31.3 Å². The van der Waals surface area contributed by atoms with E-state index >= 15 is 0 Å². The molecule has 6 nitrogen and oxygen atoms in total. The van der Waals surface area contributed by atoms with E-state index in [0.717, 1.165) is 0 Å². The van der Waals surface area contributed by atoms with Crippen LogP contribution in [0, 0.1) is 0 Å². The highest BCUT2D eigenvalue weighted by Crippen LogP contribution is 2.44. The summed E-state index contributed by atoms with van der Waals surface area (Å²) < 4.78 is 28.9. The molecule has 0 amide bonds. The number of fused-ring (bicyclic) bond motifs is 1. The SMILES string of the molecule is CNCC(O)CCN1c2ccccc2N(c2ccccc2)S1(=O)=O. The molecule has 0 aliphatic carbocycles. The monoisotopic (exact) mass is 347 g/mol. The molecule has 1 atom stereocenters. The second kappa shape index (κ2) is 6.80. The van der Waals surface area contributed by atoms with Crippen molar-refractivity contribution in [2.24, 2.45) is 0 Å². The van der Waals surface area contributed by atoms with Crippen molar-refractivity contribution in [3.8, 4) is 0 Å². The van der Waals surface area contributed by atoms with Gasteiger partial charge in [-0.2, -0.15) is 8.42 Å². The van der Waals surface area contributed by atoms with Crippen LogP contribution >= 0.6 is 0 Å². The lowest BCUT2D eigenvalue weighted by Crippen LogP contribution is -2.38. The number of nitrogens with one attached hydrogen (secondary N) is 1. The van der Waals surface area contributed by atoms with Gasteiger partial charge in [0.25, 0.3) is 0 Å². The molecule has 0 fully saturated rings. The molecule has 0 spiro atoms. The highest BCUT2D eigenvalue weighted by molar-refractivity contribution is 7.95. The van der Waals surface area contributed by atoms with Gasteiger partial charge in [-0.05, 0) is 37.7 Å². The topological polar surface area (TPSA) is 72.9 Å². The number of hydrogen-bond donors (Lipinski definition) is 2. The van der Waals surface area contributed by atoms with Gasteiger partial charge in [0, 0.05) is 13.1 Å². The van der Waals surface area contributed by atoms with E-state index in [4.69, 9.17) is 0 Å². The summed E-state index contributed by atoms with van der Waals surface area (Å²) in [6.45, 7) is 0.656. The zero-order valence-electron chi connectivity index (χ0n) is 13.5. The van der Waals surface area contributed by atoms with Gasteiger partial charge in [0.15, 0.2) is 0 Å². The van der Waals surface area contributed by atoms with Gasteiger partial charge in [0.2, 0.25) is 0 Å². The van der Waals surface area contributed by atoms with E-state index in [2.05, 4.69) is 5.32 Å². The van der Waals surface area contributed by atoms with Crippen LogP contribution in [-0.4, -0.2) is 39.8 Å². The van der Waals surface area contributed by atoms with Crippen molar-refractivity contribution in [3.63, 3.8) is 0 Å². The summed E-state index contributed by atoms with van der Waals surface area (Å²) >= 11 is 0. The van der Waals surface area contributed by atoms with Crippen molar-refractivity contribution >= 4 is 27.3 Å². The molecule has 7 heteroatoms. The van der Waals surface area contributed by atoms with Crippen LogP contribution in [0.5, 0.6) is 0 Å². The second-order valence-corrected chi connectivity index (χ2v) is 7.37. The highest BCUT2D eigenvalue weighted by Gasteiger charge is 2.40. The third kappa shape index (κ3) is 2.98. The van der Waals surface area contributed by atoms with Crippen LogP contribution in [0.25, 0.3) is 0 Å². The first kappa shape index (κ1) is 16.8. The molecule has 0 saturated heterocycles. The fourth-order valence-corrected chi connectivity index (χ4v) is 4.60. The first-order valence-corrected chi connectivity index (χ1v) is 9.25. The Bertz CT molecular complexity index is 796. The van der Waals surface area contributed by atoms with Gasteiger partial charge >= 0.3 is 10.2 Å². The molecule has 0 saturated carbocycles. The van der Waals surface area contributed by atoms with Crippen LogP contribution in [0.15, 0.2) is 54.6 Å². The number of likely N-dealkylation sites (N-methyl/N-ethyl adjacent to an activating group) is 1. The number of nitrogens with zero attached hydrogens (tertiary/aromatic N) is 2. The van der Waals surface area contributed by atoms with Gasteiger partial charge in [0.05, 0.1) is 23.2 Å². The fourth-order valence-electron chi connectivity index (χ4n) is 2.87. The van der Waals surface area contributed by atoms with Gasteiger partial charge in [0.1, 0.15) is 0 Å². The molecule has 0 bridgehead atoms. The van der Waals surface area contributed by atoms with E-state index in [1.807, 2.05) is 30.3 Å². The molecule has 3 rings (SSSR count). The van der Waals surface area contributed by atoms with E-state index in [1.165, 1.54) is 8.61 Å². The van der Waals surface area contributed by atoms with E-state index in [-0.39, 0.29) is 6.54 Å². The molecule has 2 N–H and O–H groups in total. The van der Waals surface area contributed by atoms with Crippen molar-refractivity contribution in [2.45, 2.75) is 12.5 Å². The molecule has 24 heavy (non-hydrogen) atoms. The summed E-state index contributed by atoms with van der Waals surface area (Å²) in [4.78, 5) is 0. The molecule has 128 valence electrons. The van der Waals surface area contributed by atoms with E-state index in [9.17, 15) is 13.5 Å². The van der Waals surface area contributed by atoms with Crippen LogP contribution in [0.1, 0.15) is 6.42 Å². The van der Waals surface area contributed by atoms with Crippen LogP contribution < -0.4 is 13.9 Å². The van der Waals surface area contributed by atoms with E-state index in [0.29, 0.717) is 30.0 Å². The number of aliphatic hydroxyl groups is 1. The fraction of sp³-hybridized carbons (Fsp3) is 0.294. The number of para-hydroxylation sites is 3. The zero-order valence-corrected chi connectivity index (χ0v) is 14.3. The summed E-state index contributed by atoms with van der Waals surface area (Å²) in [6.07, 6.45) is -0.236. The molecule has 1 unspecified atom stereocenters. The van der Waals surface area contributed by atoms with Gasteiger partial charge in [-0.1, -0.05) is 30.3 Å². The molecule has 0 radical (unpaired) electrons. The maximum atomic E-state index is 13.1. The van der Waals surface area contributed by atoms with Gasteiger partial charge < -0.3 is 10.4 Å². The number of rotatable bonds is 6. The Hall–Kier alpha value is -2.09. The summed E-state index contributed by atoms with van der Waals surface area (Å²) in [5.74, 6) is 0. The molecule has 1 heterocycles. The van der Waals surface area contributed by atoms with Crippen LogP contribution in [0.4, 0.5) is 17.1 Å². The lowest BCUT2D eigenvalue weighted by molar-refractivity contribution is 0.167. The van der Waals surface area contributed by atoms with Gasteiger partial charge in [-0.25, -0.2) is 4.31 Å².